The van der Waals surface area contributed by atoms with Crippen LogP contribution in [0.15, 0.2) is 22.1 Å². The molecule has 0 atom stereocenters. The van der Waals surface area contributed by atoms with Gasteiger partial charge in [0, 0.05) is 16.5 Å². The summed E-state index contributed by atoms with van der Waals surface area (Å²) in [5.74, 6) is 0.0419. The van der Waals surface area contributed by atoms with Gasteiger partial charge >= 0.3 is 0 Å². The molecule has 0 spiro atoms. The molecule has 1 aromatic heterocycles. The molecule has 1 fully saturated rings. The van der Waals surface area contributed by atoms with Crippen molar-refractivity contribution in [2.45, 2.75) is 18.8 Å². The number of aromatic hydroxyl groups is 1. The lowest BCUT2D eigenvalue weighted by Gasteiger charge is -2.03. The van der Waals surface area contributed by atoms with Crippen molar-refractivity contribution in [1.82, 2.24) is 4.98 Å². The largest absolute Gasteiger partial charge is 0.508 e. The molecule has 0 amide bonds. The van der Waals surface area contributed by atoms with E-state index in [1.807, 2.05) is 0 Å². The molecule has 0 saturated heterocycles. The number of aromatic nitrogens is 1. The molecule has 0 unspecified atom stereocenters. The highest BCUT2D eigenvalue weighted by Gasteiger charge is 2.30. The summed E-state index contributed by atoms with van der Waals surface area (Å²) in [6.07, 6.45) is 2.31. The second-order valence-corrected chi connectivity index (χ2v) is 6.42. The maximum absolute atomic E-state index is 13.8. The molecular weight excluding hydrogens is 305 g/mol. The molecule has 1 heterocycles. The molecule has 0 radical (unpaired) electrons. The van der Waals surface area contributed by atoms with E-state index in [1.54, 1.807) is 17.4 Å². The lowest BCUT2D eigenvalue weighted by atomic mass is 10.1. The van der Waals surface area contributed by atoms with Crippen molar-refractivity contribution in [3.8, 4) is 17.0 Å². The number of hydrogen-bond acceptors (Lipinski definition) is 3. The number of phenols is 1. The summed E-state index contributed by atoms with van der Waals surface area (Å²) < 4.78 is 14.6. The van der Waals surface area contributed by atoms with Crippen molar-refractivity contribution in [2.24, 2.45) is 0 Å². The topological polar surface area (TPSA) is 33.1 Å². The van der Waals surface area contributed by atoms with Gasteiger partial charge in [-0.15, -0.1) is 11.3 Å². The predicted octanol–water partition coefficient (Wildman–Crippen LogP) is 4.29. The van der Waals surface area contributed by atoms with Crippen molar-refractivity contribution in [3.05, 3.63) is 32.8 Å². The van der Waals surface area contributed by atoms with E-state index in [9.17, 15) is 9.50 Å². The van der Waals surface area contributed by atoms with Crippen LogP contribution < -0.4 is 0 Å². The minimum Gasteiger partial charge on any atom is -0.508 e. The maximum Gasteiger partial charge on any atom is 0.160 e. The summed E-state index contributed by atoms with van der Waals surface area (Å²) in [4.78, 5) is 5.49. The zero-order chi connectivity index (χ0) is 12.0. The summed E-state index contributed by atoms with van der Waals surface area (Å²) in [6.45, 7) is 0. The maximum atomic E-state index is 13.8. The monoisotopic (exact) mass is 313 g/mol. The van der Waals surface area contributed by atoms with Crippen LogP contribution >= 0.6 is 27.3 Å². The van der Waals surface area contributed by atoms with Gasteiger partial charge in [0.1, 0.15) is 11.6 Å². The molecule has 2 nitrogen and oxygen atoms in total. The van der Waals surface area contributed by atoms with E-state index in [0.29, 0.717) is 17.2 Å². The molecule has 1 aromatic carbocycles. The Morgan fingerprint density at radius 3 is 2.82 bits per heavy atom. The molecular formula is C12H9BrFNOS. The molecule has 0 aliphatic heterocycles. The van der Waals surface area contributed by atoms with E-state index in [2.05, 4.69) is 20.9 Å². The van der Waals surface area contributed by atoms with Crippen molar-refractivity contribution >= 4 is 27.3 Å². The average Bonchev–Trinajstić information content (AvgIpc) is 3.03. The Morgan fingerprint density at radius 2 is 2.18 bits per heavy atom. The van der Waals surface area contributed by atoms with E-state index in [0.717, 1.165) is 27.7 Å². The van der Waals surface area contributed by atoms with E-state index in [-0.39, 0.29) is 5.75 Å². The molecule has 3 rings (SSSR count). The van der Waals surface area contributed by atoms with Gasteiger partial charge in [-0.05, 0) is 46.8 Å². The zero-order valence-corrected chi connectivity index (χ0v) is 11.2. The molecule has 0 bridgehead atoms. The van der Waals surface area contributed by atoms with Crippen molar-refractivity contribution < 1.29 is 9.50 Å². The normalized spacial score (nSPS) is 15.2. The van der Waals surface area contributed by atoms with Crippen LogP contribution in [0.2, 0.25) is 0 Å². The van der Waals surface area contributed by atoms with E-state index in [4.69, 9.17) is 0 Å². The minimum atomic E-state index is -0.426. The van der Waals surface area contributed by atoms with Crippen molar-refractivity contribution in [3.63, 3.8) is 0 Å². The van der Waals surface area contributed by atoms with E-state index in [1.165, 1.54) is 6.07 Å². The second kappa shape index (κ2) is 4.07. The standard InChI is InChI=1S/C12H9BrFNOS/c13-12-15-10(11(17-12)6-1-2-6)8-4-3-7(16)5-9(8)14/h3-6,16H,1-2H2. The molecule has 1 saturated carbocycles. The molecule has 1 aliphatic rings. The zero-order valence-electron chi connectivity index (χ0n) is 8.78. The van der Waals surface area contributed by atoms with Gasteiger partial charge in [0.05, 0.1) is 5.69 Å². The highest BCUT2D eigenvalue weighted by molar-refractivity contribution is 9.11. The quantitative estimate of drug-likeness (QED) is 0.897. The summed E-state index contributed by atoms with van der Waals surface area (Å²) >= 11 is 4.92. The fraction of sp³-hybridized carbons (Fsp3) is 0.250. The van der Waals surface area contributed by atoms with Crippen LogP contribution in [0.3, 0.4) is 0 Å². The molecule has 5 heteroatoms. The Labute approximate surface area is 110 Å². The number of rotatable bonds is 2. The second-order valence-electron chi connectivity index (χ2n) is 4.12. The Morgan fingerprint density at radius 1 is 1.41 bits per heavy atom. The van der Waals surface area contributed by atoms with Crippen LogP contribution in [0.25, 0.3) is 11.3 Å². The fourth-order valence-corrected chi connectivity index (χ4v) is 3.49. The summed E-state index contributed by atoms with van der Waals surface area (Å²) in [7, 11) is 0. The number of benzene rings is 1. The van der Waals surface area contributed by atoms with Crippen LogP contribution in [0.4, 0.5) is 4.39 Å². The number of nitrogens with zero attached hydrogens (tertiary/aromatic N) is 1. The molecule has 1 aliphatic carbocycles. The third kappa shape index (κ3) is 2.09. The third-order valence-electron chi connectivity index (χ3n) is 2.78. The summed E-state index contributed by atoms with van der Waals surface area (Å²) in [5, 5.41) is 9.21. The lowest BCUT2D eigenvalue weighted by Crippen LogP contribution is -1.88. The van der Waals surface area contributed by atoms with Crippen LogP contribution in [-0.2, 0) is 0 Å². The number of halogens is 2. The number of phenolic OH excluding ortho intramolecular Hbond substituents is 1. The first-order chi connectivity index (χ1) is 8.15. The van der Waals surface area contributed by atoms with Gasteiger partial charge in [0.2, 0.25) is 0 Å². The Balaban J connectivity index is 2.13. The first-order valence-electron chi connectivity index (χ1n) is 5.30. The third-order valence-corrected chi connectivity index (χ3v) is 4.45. The first-order valence-corrected chi connectivity index (χ1v) is 6.91. The molecule has 2 aromatic rings. The Hall–Kier alpha value is -0.940. The average molecular weight is 314 g/mol. The van der Waals surface area contributed by atoms with Gasteiger partial charge in [-0.3, -0.25) is 0 Å². The molecule has 17 heavy (non-hydrogen) atoms. The molecule has 88 valence electrons. The Bertz CT molecular complexity index is 580. The smallest absolute Gasteiger partial charge is 0.160 e. The highest BCUT2D eigenvalue weighted by Crippen LogP contribution is 2.48. The van der Waals surface area contributed by atoms with Crippen molar-refractivity contribution in [2.75, 3.05) is 0 Å². The van der Waals surface area contributed by atoms with E-state index < -0.39 is 5.82 Å². The van der Waals surface area contributed by atoms with Crippen LogP contribution in [0, 0.1) is 5.82 Å². The van der Waals surface area contributed by atoms with Gasteiger partial charge in [-0.25, -0.2) is 9.37 Å². The SMILES string of the molecule is Oc1ccc(-c2nc(Br)sc2C2CC2)c(F)c1. The minimum absolute atomic E-state index is 0.0616. The number of hydrogen-bond donors (Lipinski definition) is 1. The summed E-state index contributed by atoms with van der Waals surface area (Å²) in [5.41, 5.74) is 1.17. The van der Waals surface area contributed by atoms with Gasteiger partial charge in [0.15, 0.2) is 3.92 Å². The lowest BCUT2D eigenvalue weighted by molar-refractivity contribution is 0.469. The fourth-order valence-electron chi connectivity index (χ4n) is 1.82. The van der Waals surface area contributed by atoms with E-state index >= 15 is 0 Å². The summed E-state index contributed by atoms with van der Waals surface area (Å²) in [6, 6.07) is 4.19. The van der Waals surface area contributed by atoms with Crippen LogP contribution in [0.5, 0.6) is 5.75 Å². The van der Waals surface area contributed by atoms with Gasteiger partial charge < -0.3 is 5.11 Å². The van der Waals surface area contributed by atoms with Crippen LogP contribution in [-0.4, -0.2) is 10.1 Å². The van der Waals surface area contributed by atoms with Crippen LogP contribution in [0.1, 0.15) is 23.6 Å². The van der Waals surface area contributed by atoms with Crippen molar-refractivity contribution in [1.29, 1.82) is 0 Å². The first kappa shape index (κ1) is 11.2. The Kier molecular flexibility index (Phi) is 2.67. The predicted molar refractivity (Wildman–Crippen MR) is 68.8 cm³/mol. The number of thiazole rings is 1. The van der Waals surface area contributed by atoms with Gasteiger partial charge in [-0.2, -0.15) is 0 Å². The highest BCUT2D eigenvalue weighted by atomic mass is 79.9. The van der Waals surface area contributed by atoms with Gasteiger partial charge in [0.25, 0.3) is 0 Å². The molecule has 1 N–H and O–H groups in total. The van der Waals surface area contributed by atoms with Gasteiger partial charge in [-0.1, -0.05) is 0 Å².